The summed E-state index contributed by atoms with van der Waals surface area (Å²) in [6.45, 7) is -1.25. The van der Waals surface area contributed by atoms with Gasteiger partial charge in [-0.25, -0.2) is 0 Å². The Morgan fingerprint density at radius 2 is 1.52 bits per heavy atom. The van der Waals surface area contributed by atoms with E-state index in [1.165, 1.54) is 0 Å². The summed E-state index contributed by atoms with van der Waals surface area (Å²) in [4.78, 5) is 21.7. The molecule has 0 aromatic rings. The number of carbonyl (C=O) groups is 2. The summed E-state index contributed by atoms with van der Waals surface area (Å²) in [6, 6.07) is -1.42. The van der Waals surface area contributed by atoms with Gasteiger partial charge in [-0.05, 0) is 6.04 Å². The van der Waals surface area contributed by atoms with Crippen molar-refractivity contribution < 1.29 is 91.6 Å². The quantitative estimate of drug-likeness (QED) is 0.147. The third-order valence-corrected chi connectivity index (χ3v) is 2.79. The number of aliphatic carboxylic acids is 1. The predicted octanol–water partition coefficient (Wildman–Crippen LogP) is -5.72. The summed E-state index contributed by atoms with van der Waals surface area (Å²) in [6.07, 6.45) is -7.24. The zero-order chi connectivity index (χ0) is 16.6. The molecule has 0 bridgehead atoms. The minimum atomic E-state index is -1.79. The van der Waals surface area contributed by atoms with E-state index >= 15 is 0 Å². The van der Waals surface area contributed by atoms with E-state index in [9.17, 15) is 24.9 Å². The maximum Gasteiger partial charge on any atom is 1.00 e. The van der Waals surface area contributed by atoms with Gasteiger partial charge in [-0.2, -0.15) is 0 Å². The molecule has 0 spiro atoms. The second-order valence-corrected chi connectivity index (χ2v) is 4.53. The molecule has 10 nitrogen and oxygen atoms in total. The Balaban J connectivity index is -0.00000200. The molecule has 5 unspecified atom stereocenters. The van der Waals surface area contributed by atoms with Crippen LogP contribution in [-0.2, 0) is 9.59 Å². The Morgan fingerprint density at radius 1 is 1.04 bits per heavy atom. The fourth-order valence-electron chi connectivity index (χ4n) is 1.39. The van der Waals surface area contributed by atoms with Gasteiger partial charge in [-0.1, -0.05) is 6.42 Å². The van der Waals surface area contributed by atoms with Gasteiger partial charge in [0.15, 0.2) is 0 Å². The first-order valence-electron chi connectivity index (χ1n) is 6.24. The van der Waals surface area contributed by atoms with Crippen LogP contribution in [0.5, 0.6) is 0 Å². The van der Waals surface area contributed by atoms with Crippen LogP contribution in [0.25, 0.3) is 5.73 Å². The summed E-state index contributed by atoms with van der Waals surface area (Å²) < 4.78 is 0. The third-order valence-electron chi connectivity index (χ3n) is 2.79. The van der Waals surface area contributed by atoms with E-state index in [-0.39, 0.29) is 71.7 Å². The molecule has 0 aromatic carbocycles. The fourth-order valence-corrected chi connectivity index (χ4v) is 1.39. The second-order valence-electron chi connectivity index (χ2n) is 4.53. The number of nitrogens with one attached hydrogen (secondary N) is 2. The van der Waals surface area contributed by atoms with Gasteiger partial charge >= 0.3 is 51.4 Å². The Bertz CT molecular complexity index is 347. The Labute approximate surface area is 177 Å². The summed E-state index contributed by atoms with van der Waals surface area (Å²) in [5, 5.41) is 56.6. The molecule has 0 aliphatic rings. The SMILES string of the molecule is [CH3-].[K+].[NH-]C(CCC(=O)NCC(O)C(O)C(O)C(O)CO)C(=O)O. The van der Waals surface area contributed by atoms with E-state index in [0.717, 1.165) is 0 Å². The Kier molecular flexibility index (Phi) is 17.9. The normalized spacial score (nSPS) is 16.8. The average molecular weight is 363 g/mol. The summed E-state index contributed by atoms with van der Waals surface area (Å²) in [7, 11) is 0. The molecule has 1 amide bonds. The fraction of sp³-hybridized carbons (Fsp3) is 0.750. The molecule has 132 valence electrons. The molecule has 0 heterocycles. The summed E-state index contributed by atoms with van der Waals surface area (Å²) >= 11 is 0. The number of aliphatic hydroxyl groups is 5. The summed E-state index contributed by atoms with van der Waals surface area (Å²) in [5.41, 5.74) is 7.08. The number of amides is 1. The topological polar surface area (TPSA) is 191 Å². The van der Waals surface area contributed by atoms with Gasteiger partial charge in [-0.3, -0.25) is 9.59 Å². The molecule has 0 fully saturated rings. The van der Waals surface area contributed by atoms with Crippen LogP contribution >= 0.6 is 0 Å². The molecule has 0 radical (unpaired) electrons. The molecule has 5 atom stereocenters. The molecular weight excluding hydrogens is 339 g/mol. The number of hydrogen-bond acceptors (Lipinski definition) is 7. The van der Waals surface area contributed by atoms with Crippen LogP contribution in [0.1, 0.15) is 12.8 Å². The molecule has 0 saturated carbocycles. The minimum Gasteiger partial charge on any atom is -0.665 e. The van der Waals surface area contributed by atoms with E-state index in [2.05, 4.69) is 5.32 Å². The molecule has 0 aliphatic heterocycles. The first kappa shape index (κ1) is 28.2. The molecule has 0 saturated heterocycles. The van der Waals surface area contributed by atoms with Crippen LogP contribution in [0.3, 0.4) is 0 Å². The van der Waals surface area contributed by atoms with Crippen molar-refractivity contribution in [3.8, 4) is 0 Å². The van der Waals surface area contributed by atoms with Gasteiger partial charge in [-0.15, -0.1) is 0 Å². The van der Waals surface area contributed by atoms with Crippen LogP contribution in [-0.4, -0.2) is 86.1 Å². The van der Waals surface area contributed by atoms with Crippen molar-refractivity contribution in [2.24, 2.45) is 0 Å². The third kappa shape index (κ3) is 11.5. The van der Waals surface area contributed by atoms with Crippen LogP contribution < -0.4 is 56.7 Å². The zero-order valence-corrected chi connectivity index (χ0v) is 16.3. The Morgan fingerprint density at radius 3 is 1.96 bits per heavy atom. The molecule has 11 heteroatoms. The molecule has 0 aliphatic carbocycles. The predicted molar refractivity (Wildman–Crippen MR) is 75.5 cm³/mol. The first-order chi connectivity index (χ1) is 9.70. The first-order valence-corrected chi connectivity index (χ1v) is 6.24. The van der Waals surface area contributed by atoms with Crippen LogP contribution in [0.15, 0.2) is 0 Å². The van der Waals surface area contributed by atoms with Crippen molar-refractivity contribution in [3.05, 3.63) is 13.2 Å². The number of hydrogen-bond donors (Lipinski definition) is 7. The Hall–Kier alpha value is 0.336. The van der Waals surface area contributed by atoms with Crippen molar-refractivity contribution in [3.63, 3.8) is 0 Å². The number of rotatable bonds is 10. The average Bonchev–Trinajstić information content (AvgIpc) is 2.47. The maximum atomic E-state index is 11.3. The second kappa shape index (κ2) is 14.7. The van der Waals surface area contributed by atoms with Gasteiger partial charge < -0.3 is 49.1 Å². The minimum absolute atomic E-state index is 0. The van der Waals surface area contributed by atoms with Crippen molar-refractivity contribution in [1.29, 1.82) is 0 Å². The molecule has 0 rings (SSSR count). The molecule has 8 N–H and O–H groups in total. The molecule has 0 aromatic heterocycles. The number of carboxylic acid groups (broad SMARTS) is 1. The van der Waals surface area contributed by atoms with Gasteiger partial charge in [0.1, 0.15) is 18.3 Å². The van der Waals surface area contributed by atoms with Gasteiger partial charge in [0.05, 0.1) is 12.7 Å². The van der Waals surface area contributed by atoms with E-state index in [4.69, 9.17) is 21.1 Å². The van der Waals surface area contributed by atoms with Gasteiger partial charge in [0.25, 0.3) is 5.97 Å². The van der Waals surface area contributed by atoms with Crippen molar-refractivity contribution >= 4 is 11.9 Å². The smallest absolute Gasteiger partial charge is 0.665 e. The van der Waals surface area contributed by atoms with E-state index in [1.54, 1.807) is 0 Å². The van der Waals surface area contributed by atoms with Crippen LogP contribution in [0, 0.1) is 7.43 Å². The maximum absolute atomic E-state index is 11.3. The van der Waals surface area contributed by atoms with Crippen LogP contribution in [0.4, 0.5) is 0 Å². The summed E-state index contributed by atoms with van der Waals surface area (Å²) in [5.74, 6) is -1.98. The van der Waals surface area contributed by atoms with E-state index in [0.29, 0.717) is 0 Å². The van der Waals surface area contributed by atoms with Gasteiger partial charge in [0, 0.05) is 13.0 Å². The van der Waals surface area contributed by atoms with E-state index < -0.39 is 55.5 Å². The standard InChI is InChI=1S/C11H21N2O8.CH3.K/c12-5(11(20)21)1-2-8(17)13-3-6(15)9(18)10(19)7(16)4-14;;/h5-7,9-10,12,14-16,18-19H,1-4H2,(H,13,17)(H,20,21);1H3;/q2*-1;+1. The van der Waals surface area contributed by atoms with Crippen LogP contribution in [0.2, 0.25) is 0 Å². The van der Waals surface area contributed by atoms with Gasteiger partial charge in [0.2, 0.25) is 5.91 Å². The largest absolute Gasteiger partial charge is 1.00 e. The zero-order valence-electron chi connectivity index (χ0n) is 13.2. The molecular formula is C12H24KN2O8-. The van der Waals surface area contributed by atoms with Crippen molar-refractivity contribution in [2.45, 2.75) is 43.3 Å². The number of carboxylic acids is 1. The monoisotopic (exact) mass is 363 g/mol. The van der Waals surface area contributed by atoms with Crippen molar-refractivity contribution in [1.82, 2.24) is 5.32 Å². The van der Waals surface area contributed by atoms with E-state index in [1.807, 2.05) is 0 Å². The number of carbonyl (C=O) groups excluding carboxylic acids is 1. The molecule has 23 heavy (non-hydrogen) atoms. The number of aliphatic hydroxyl groups excluding tert-OH is 5. The van der Waals surface area contributed by atoms with Crippen molar-refractivity contribution in [2.75, 3.05) is 13.2 Å².